The Balaban J connectivity index is 1.15. The van der Waals surface area contributed by atoms with E-state index in [2.05, 4.69) is 127 Å². The largest absolute Gasteiger partial charge is 0.274 e. The molecule has 1 aromatic heterocycles. The summed E-state index contributed by atoms with van der Waals surface area (Å²) >= 11 is 1.73. The van der Waals surface area contributed by atoms with Gasteiger partial charge >= 0.3 is 0 Å². The second kappa shape index (κ2) is 9.68. The molecule has 0 unspecified atom stereocenters. The van der Waals surface area contributed by atoms with Crippen molar-refractivity contribution in [2.24, 2.45) is 0 Å². The van der Waals surface area contributed by atoms with Crippen molar-refractivity contribution < 1.29 is 0 Å². The van der Waals surface area contributed by atoms with Crippen LogP contribution in [0.1, 0.15) is 0 Å². The molecule has 1 aliphatic rings. The first-order valence-corrected chi connectivity index (χ1v) is 16.4. The van der Waals surface area contributed by atoms with Gasteiger partial charge in [0.15, 0.2) is 0 Å². The minimum atomic E-state index is 0.0268. The van der Waals surface area contributed by atoms with E-state index in [1.807, 2.05) is 28.8 Å². The summed E-state index contributed by atoms with van der Waals surface area (Å²) in [5.41, 5.74) is 6.55. The van der Waals surface area contributed by atoms with Gasteiger partial charge in [-0.25, -0.2) is 0 Å². The minimum absolute atomic E-state index is 0.0268. The van der Waals surface area contributed by atoms with Gasteiger partial charge in [-0.1, -0.05) is 121 Å². The zero-order valence-corrected chi connectivity index (χ0v) is 25.5. The maximum absolute atomic E-state index is 14.0. The third kappa shape index (κ3) is 3.64. The van der Waals surface area contributed by atoms with Gasteiger partial charge in [-0.15, -0.1) is 0 Å². The Kier molecular flexibility index (Phi) is 5.40. The van der Waals surface area contributed by atoms with Crippen molar-refractivity contribution in [2.75, 3.05) is 0 Å². The maximum atomic E-state index is 14.0. The monoisotopic (exact) mass is 603 g/mol. The molecule has 0 fully saturated rings. The second-order valence-corrected chi connectivity index (χ2v) is 13.1. The van der Waals surface area contributed by atoms with Crippen molar-refractivity contribution in [3.8, 4) is 27.9 Å². The highest BCUT2D eigenvalue weighted by Gasteiger charge is 2.22. The van der Waals surface area contributed by atoms with Crippen molar-refractivity contribution >= 4 is 65.8 Å². The van der Waals surface area contributed by atoms with Crippen LogP contribution in [0.2, 0.25) is 0 Å². The van der Waals surface area contributed by atoms with E-state index in [-0.39, 0.29) is 5.56 Å². The topological polar surface area (TPSA) is 22.0 Å². The molecule has 10 rings (SSSR count). The molecule has 0 saturated carbocycles. The van der Waals surface area contributed by atoms with Gasteiger partial charge in [0.05, 0.1) is 11.2 Å². The number of rotatable bonds is 2. The van der Waals surface area contributed by atoms with Crippen LogP contribution in [-0.4, -0.2) is 4.57 Å². The highest BCUT2D eigenvalue weighted by Crippen LogP contribution is 2.43. The standard InChI is InChI=1S/C43H25NOS/c45-43-36-22-20-29(25-38(36)35-15-8-18-41-42(35)44(43)39-16-5-6-17-40(39)46-41)27-10-7-9-26(23-27)28-19-21-34-32-13-2-1-11-30(32)31-12-3-4-14-33(31)37(34)24-28/h1-25H. The van der Waals surface area contributed by atoms with E-state index in [4.69, 9.17) is 0 Å². The average molecular weight is 604 g/mol. The zero-order chi connectivity index (χ0) is 30.4. The number of para-hydroxylation sites is 2. The lowest BCUT2D eigenvalue weighted by Crippen LogP contribution is -2.21. The van der Waals surface area contributed by atoms with E-state index in [0.29, 0.717) is 0 Å². The summed E-state index contributed by atoms with van der Waals surface area (Å²) < 4.78 is 1.91. The Labute approximate surface area is 269 Å². The van der Waals surface area contributed by atoms with E-state index >= 15 is 0 Å². The second-order valence-electron chi connectivity index (χ2n) is 12.1. The number of aromatic nitrogens is 1. The van der Waals surface area contributed by atoms with Crippen molar-refractivity contribution in [3.63, 3.8) is 0 Å². The van der Waals surface area contributed by atoms with Crippen LogP contribution >= 0.6 is 11.8 Å². The number of pyridine rings is 1. The highest BCUT2D eigenvalue weighted by atomic mass is 32.2. The van der Waals surface area contributed by atoms with Crippen LogP contribution in [0.25, 0.3) is 81.9 Å². The molecule has 0 radical (unpaired) electrons. The van der Waals surface area contributed by atoms with Crippen LogP contribution in [0.4, 0.5) is 0 Å². The Bertz CT molecular complexity index is 2780. The molecule has 3 heteroatoms. The third-order valence-corrected chi connectivity index (χ3v) is 10.7. The highest BCUT2D eigenvalue weighted by molar-refractivity contribution is 7.99. The van der Waals surface area contributed by atoms with Crippen LogP contribution < -0.4 is 5.56 Å². The lowest BCUT2D eigenvalue weighted by molar-refractivity contribution is 1.00. The summed E-state index contributed by atoms with van der Waals surface area (Å²) in [6.07, 6.45) is 0. The molecule has 0 bridgehead atoms. The first kappa shape index (κ1) is 25.7. The fraction of sp³-hybridized carbons (Fsp3) is 0. The van der Waals surface area contributed by atoms with E-state index in [0.717, 1.165) is 48.3 Å². The molecule has 2 heterocycles. The van der Waals surface area contributed by atoms with E-state index in [1.54, 1.807) is 11.8 Å². The fourth-order valence-corrected chi connectivity index (χ4v) is 8.54. The first-order valence-electron chi connectivity index (χ1n) is 15.6. The van der Waals surface area contributed by atoms with Crippen molar-refractivity contribution in [2.45, 2.75) is 9.79 Å². The Hall–Kier alpha value is -5.64. The molecule has 0 amide bonds. The number of benzene rings is 8. The van der Waals surface area contributed by atoms with E-state index in [1.165, 1.54) is 43.4 Å². The van der Waals surface area contributed by atoms with E-state index < -0.39 is 0 Å². The summed E-state index contributed by atoms with van der Waals surface area (Å²) in [5, 5.41) is 10.5. The lowest BCUT2D eigenvalue weighted by atomic mass is 9.91. The van der Waals surface area contributed by atoms with Crippen LogP contribution in [0.5, 0.6) is 0 Å². The summed E-state index contributed by atoms with van der Waals surface area (Å²) in [6.45, 7) is 0. The number of fused-ring (bicyclic) bond motifs is 10. The smallest absolute Gasteiger partial charge is 0.263 e. The Morgan fingerprint density at radius 2 is 0.848 bits per heavy atom. The molecule has 0 spiro atoms. The molecule has 214 valence electrons. The lowest BCUT2D eigenvalue weighted by Gasteiger charge is -2.23. The van der Waals surface area contributed by atoms with Gasteiger partial charge in [0, 0.05) is 20.6 Å². The predicted octanol–water partition coefficient (Wildman–Crippen LogP) is 11.4. The van der Waals surface area contributed by atoms with Gasteiger partial charge in [-0.05, 0) is 102 Å². The van der Waals surface area contributed by atoms with Crippen LogP contribution in [-0.2, 0) is 0 Å². The molecule has 0 saturated heterocycles. The number of hydrogen-bond donors (Lipinski definition) is 0. The molecule has 0 atom stereocenters. The Morgan fingerprint density at radius 3 is 1.54 bits per heavy atom. The van der Waals surface area contributed by atoms with Gasteiger partial charge < -0.3 is 0 Å². The number of nitrogens with zero attached hydrogens (tertiary/aromatic N) is 1. The quantitative estimate of drug-likeness (QED) is 0.183. The molecule has 1 aliphatic heterocycles. The van der Waals surface area contributed by atoms with Crippen molar-refractivity contribution in [1.29, 1.82) is 0 Å². The first-order chi connectivity index (χ1) is 22.7. The van der Waals surface area contributed by atoms with Crippen molar-refractivity contribution in [1.82, 2.24) is 4.57 Å². The van der Waals surface area contributed by atoms with E-state index in [9.17, 15) is 4.79 Å². The van der Waals surface area contributed by atoms with Gasteiger partial charge in [-0.3, -0.25) is 9.36 Å². The van der Waals surface area contributed by atoms with Gasteiger partial charge in [0.25, 0.3) is 5.56 Å². The molecule has 46 heavy (non-hydrogen) atoms. The minimum Gasteiger partial charge on any atom is -0.274 e. The molecule has 2 nitrogen and oxygen atoms in total. The summed E-state index contributed by atoms with van der Waals surface area (Å²) in [6, 6.07) is 53.9. The van der Waals surface area contributed by atoms with Crippen LogP contribution in [0.3, 0.4) is 0 Å². The van der Waals surface area contributed by atoms with Crippen LogP contribution in [0, 0.1) is 0 Å². The Morgan fingerprint density at radius 1 is 0.370 bits per heavy atom. The number of hydrogen-bond acceptors (Lipinski definition) is 2. The molecule has 9 aromatic rings. The summed E-state index contributed by atoms with van der Waals surface area (Å²) in [4.78, 5) is 16.3. The maximum Gasteiger partial charge on any atom is 0.263 e. The molecule has 0 aliphatic carbocycles. The van der Waals surface area contributed by atoms with Gasteiger partial charge in [-0.2, -0.15) is 0 Å². The third-order valence-electron chi connectivity index (χ3n) is 9.57. The van der Waals surface area contributed by atoms with Gasteiger partial charge in [0.1, 0.15) is 0 Å². The fourth-order valence-electron chi connectivity index (χ4n) is 7.45. The normalized spacial score (nSPS) is 12.3. The van der Waals surface area contributed by atoms with Crippen LogP contribution in [0.15, 0.2) is 166 Å². The zero-order valence-electron chi connectivity index (χ0n) is 24.7. The predicted molar refractivity (Wildman–Crippen MR) is 195 cm³/mol. The molecule has 0 N–H and O–H groups in total. The summed E-state index contributed by atoms with van der Waals surface area (Å²) in [5.74, 6) is 0. The van der Waals surface area contributed by atoms with Crippen molar-refractivity contribution in [3.05, 3.63) is 162 Å². The SMILES string of the molecule is O=c1c2ccc(-c3cccc(-c4ccc5c6ccccc6c6ccccc6c5c4)c3)cc2c2cccc3c2n1-c1ccccc1S3. The molecule has 8 aromatic carbocycles. The molecular weight excluding hydrogens is 579 g/mol. The summed E-state index contributed by atoms with van der Waals surface area (Å²) in [7, 11) is 0. The average Bonchev–Trinajstić information content (AvgIpc) is 3.13. The molecular formula is C43H25NOS. The van der Waals surface area contributed by atoms with Gasteiger partial charge in [0.2, 0.25) is 0 Å².